The van der Waals surface area contributed by atoms with Crippen LogP contribution in [0, 0.1) is 0 Å². The molecule has 1 fully saturated rings. The van der Waals surface area contributed by atoms with Crippen LogP contribution in [0.4, 0.5) is 4.79 Å². The van der Waals surface area contributed by atoms with Gasteiger partial charge in [-0.1, -0.05) is 30.4 Å². The second kappa shape index (κ2) is 11.2. The average Bonchev–Trinajstić information content (AvgIpc) is 3.32. The van der Waals surface area contributed by atoms with Gasteiger partial charge in [0.1, 0.15) is 12.4 Å². The summed E-state index contributed by atoms with van der Waals surface area (Å²) in [6.45, 7) is 2.28. The van der Waals surface area contributed by atoms with E-state index in [1.807, 2.05) is 36.4 Å². The van der Waals surface area contributed by atoms with Gasteiger partial charge in [0.25, 0.3) is 0 Å². The molecule has 5 rings (SSSR count). The van der Waals surface area contributed by atoms with E-state index in [2.05, 4.69) is 16.0 Å². The van der Waals surface area contributed by atoms with Crippen molar-refractivity contribution in [1.82, 2.24) is 19.8 Å². The Kier molecular flexibility index (Phi) is 7.39. The fraction of sp³-hybridized carbons (Fsp3) is 0.286. The first-order valence-corrected chi connectivity index (χ1v) is 12.3. The lowest BCUT2D eigenvalue weighted by molar-refractivity contribution is -0.129. The van der Waals surface area contributed by atoms with Gasteiger partial charge in [0.2, 0.25) is 17.7 Å². The second-order valence-corrected chi connectivity index (χ2v) is 8.90. The van der Waals surface area contributed by atoms with Crippen LogP contribution in [0.1, 0.15) is 25.3 Å². The number of hydrogen-bond donors (Lipinski definition) is 0. The zero-order valence-electron chi connectivity index (χ0n) is 21.2. The summed E-state index contributed by atoms with van der Waals surface area (Å²) in [5, 5.41) is 0. The van der Waals surface area contributed by atoms with Crippen LogP contribution in [0.5, 0.6) is 5.88 Å². The average molecular weight is 517 g/mol. The van der Waals surface area contributed by atoms with Crippen molar-refractivity contribution in [3.63, 3.8) is 0 Å². The summed E-state index contributed by atoms with van der Waals surface area (Å²) in [7, 11) is 1.56. The number of pyridine rings is 2. The number of ether oxygens (including phenoxy) is 4. The molecule has 1 aliphatic carbocycles. The fourth-order valence-electron chi connectivity index (χ4n) is 4.34. The lowest BCUT2D eigenvalue weighted by Crippen LogP contribution is -2.38. The molecule has 2 amide bonds. The molecule has 0 radical (unpaired) electrons. The largest absolute Gasteiger partial charge is 0.481 e. The quantitative estimate of drug-likeness (QED) is 0.512. The van der Waals surface area contributed by atoms with E-state index >= 15 is 0 Å². The number of aromatic nitrogens is 2. The van der Waals surface area contributed by atoms with Gasteiger partial charge >= 0.3 is 6.09 Å². The van der Waals surface area contributed by atoms with Crippen LogP contribution < -0.4 is 4.74 Å². The molecule has 0 N–H and O–H groups in total. The van der Waals surface area contributed by atoms with E-state index in [1.54, 1.807) is 24.3 Å². The highest BCUT2D eigenvalue weighted by atomic mass is 16.6. The molecule has 4 heterocycles. The Balaban J connectivity index is 1.22. The monoisotopic (exact) mass is 516 g/mol. The molecule has 10 heteroatoms. The van der Waals surface area contributed by atoms with E-state index in [4.69, 9.17) is 18.9 Å². The summed E-state index contributed by atoms with van der Waals surface area (Å²) in [5.74, 6) is 1.18. The molecule has 0 spiro atoms. The van der Waals surface area contributed by atoms with Crippen molar-refractivity contribution in [2.75, 3.05) is 26.7 Å². The minimum atomic E-state index is -0.550. The Bertz CT molecular complexity index is 1390. The van der Waals surface area contributed by atoms with Crippen LogP contribution in [-0.2, 0) is 19.0 Å². The number of rotatable bonds is 8. The predicted octanol–water partition coefficient (Wildman–Crippen LogP) is 4.28. The van der Waals surface area contributed by atoms with Crippen LogP contribution in [-0.4, -0.2) is 64.6 Å². The number of cyclic esters (lactones) is 1. The van der Waals surface area contributed by atoms with Gasteiger partial charge in [-0.2, -0.15) is 0 Å². The van der Waals surface area contributed by atoms with E-state index in [0.29, 0.717) is 23.7 Å². The second-order valence-electron chi connectivity index (χ2n) is 8.90. The first-order valence-electron chi connectivity index (χ1n) is 12.3. The van der Waals surface area contributed by atoms with Gasteiger partial charge < -0.3 is 23.8 Å². The summed E-state index contributed by atoms with van der Waals surface area (Å²) in [5.41, 5.74) is 3.29. The van der Waals surface area contributed by atoms with Crippen LogP contribution in [0.25, 0.3) is 17.1 Å². The number of methoxy groups -OCH3 is 1. The molecule has 0 bridgehead atoms. The molecule has 10 nitrogen and oxygen atoms in total. The zero-order chi connectivity index (χ0) is 26.5. The van der Waals surface area contributed by atoms with Crippen LogP contribution in [0.2, 0.25) is 0 Å². The van der Waals surface area contributed by atoms with Crippen molar-refractivity contribution in [2.24, 2.45) is 0 Å². The Labute approximate surface area is 220 Å². The third-order valence-corrected chi connectivity index (χ3v) is 6.32. The maximum atomic E-state index is 12.6. The summed E-state index contributed by atoms with van der Waals surface area (Å²) in [4.78, 5) is 36.8. The van der Waals surface area contributed by atoms with Gasteiger partial charge in [0.15, 0.2) is 12.0 Å². The molecule has 3 aliphatic rings. The number of nitrogens with zero attached hydrogens (tertiary/aromatic N) is 4. The Morgan fingerprint density at radius 1 is 1.29 bits per heavy atom. The molecule has 2 aromatic heterocycles. The molecule has 0 aromatic carbocycles. The number of allylic oxidation sites excluding steroid dienone is 4. The Morgan fingerprint density at radius 2 is 2.18 bits per heavy atom. The summed E-state index contributed by atoms with van der Waals surface area (Å²) >= 11 is 0. The maximum Gasteiger partial charge on any atom is 0.417 e. The van der Waals surface area contributed by atoms with Crippen molar-refractivity contribution in [3.8, 4) is 5.88 Å². The molecule has 2 aliphatic heterocycles. The van der Waals surface area contributed by atoms with Crippen molar-refractivity contribution < 1.29 is 28.5 Å². The van der Waals surface area contributed by atoms with Crippen molar-refractivity contribution in [3.05, 3.63) is 84.0 Å². The zero-order valence-corrected chi connectivity index (χ0v) is 21.2. The number of fused-ring (bicyclic) bond motifs is 1. The number of amides is 2. The molecule has 1 saturated heterocycles. The lowest BCUT2D eigenvalue weighted by Gasteiger charge is -2.24. The third-order valence-electron chi connectivity index (χ3n) is 6.32. The summed E-state index contributed by atoms with van der Waals surface area (Å²) in [6, 6.07) is 5.45. The standard InChI is InChI=1S/C28H28N4O6/c1-19(33)31(14-6-9-21-12-13-29-23-10-11-25(35-2)30-27(21)23)15-22-16-32(28(34)37-22)26-18-36-17-24(38-26)20-7-4-3-5-8-20/h3-4,6-7,9-13,17-18,22H,5,8,14-16H2,1-2H3/b9-6+/t22-/m1/s1. The van der Waals surface area contributed by atoms with Crippen molar-refractivity contribution in [1.29, 1.82) is 0 Å². The van der Waals surface area contributed by atoms with E-state index in [-0.39, 0.29) is 24.9 Å². The molecule has 0 unspecified atom stereocenters. The number of carbonyl (C=O) groups excluding carboxylic acids is 2. The van der Waals surface area contributed by atoms with Crippen LogP contribution in [0.3, 0.4) is 0 Å². The normalized spacial score (nSPS) is 18.9. The SMILES string of the molecule is COc1ccc2nccc(/C=C/CN(C[C@@H]3CN(C4=COC=C(C5=CC=CCC5)O4)C(=O)O3)C(C)=O)c2n1. The topological polar surface area (TPSA) is 103 Å². The molecule has 38 heavy (non-hydrogen) atoms. The van der Waals surface area contributed by atoms with E-state index in [0.717, 1.165) is 29.5 Å². The van der Waals surface area contributed by atoms with Gasteiger partial charge in [-0.25, -0.2) is 14.7 Å². The summed E-state index contributed by atoms with van der Waals surface area (Å²) < 4.78 is 22.2. The highest BCUT2D eigenvalue weighted by Gasteiger charge is 2.37. The van der Waals surface area contributed by atoms with Crippen molar-refractivity contribution >= 4 is 29.1 Å². The van der Waals surface area contributed by atoms with Crippen molar-refractivity contribution in [2.45, 2.75) is 25.9 Å². The third kappa shape index (κ3) is 5.54. The number of carbonyl (C=O) groups is 2. The molecule has 1 atom stereocenters. The summed E-state index contributed by atoms with van der Waals surface area (Å²) in [6.07, 6.45) is 15.0. The first-order chi connectivity index (χ1) is 18.5. The first kappa shape index (κ1) is 25.1. The molecule has 2 aromatic rings. The van der Waals surface area contributed by atoms with Crippen LogP contribution >= 0.6 is 0 Å². The maximum absolute atomic E-state index is 12.6. The minimum absolute atomic E-state index is 0.137. The van der Waals surface area contributed by atoms with Gasteiger partial charge in [0.05, 0.1) is 31.2 Å². The minimum Gasteiger partial charge on any atom is -0.481 e. The van der Waals surface area contributed by atoms with E-state index < -0.39 is 12.2 Å². The molecular formula is C28H28N4O6. The Hall–Kier alpha value is -4.60. The van der Waals surface area contributed by atoms with Gasteiger partial charge in [0, 0.05) is 31.3 Å². The van der Waals surface area contributed by atoms with Crippen LogP contribution in [0.15, 0.2) is 78.4 Å². The van der Waals surface area contributed by atoms with Gasteiger partial charge in [-0.05, 0) is 30.5 Å². The van der Waals surface area contributed by atoms with Gasteiger partial charge in [-0.15, -0.1) is 0 Å². The van der Waals surface area contributed by atoms with E-state index in [1.165, 1.54) is 24.3 Å². The molecule has 196 valence electrons. The molecular weight excluding hydrogens is 488 g/mol. The molecule has 0 saturated carbocycles. The lowest BCUT2D eigenvalue weighted by atomic mass is 10.0. The van der Waals surface area contributed by atoms with E-state index in [9.17, 15) is 9.59 Å². The van der Waals surface area contributed by atoms with Gasteiger partial charge in [-0.3, -0.25) is 9.78 Å². The smallest absolute Gasteiger partial charge is 0.417 e. The Morgan fingerprint density at radius 3 is 2.97 bits per heavy atom. The highest BCUT2D eigenvalue weighted by molar-refractivity contribution is 5.84. The highest BCUT2D eigenvalue weighted by Crippen LogP contribution is 2.29. The fourth-order valence-corrected chi connectivity index (χ4v) is 4.34. The number of hydrogen-bond acceptors (Lipinski definition) is 8. The predicted molar refractivity (Wildman–Crippen MR) is 139 cm³/mol.